The summed E-state index contributed by atoms with van der Waals surface area (Å²) in [4.78, 5) is 8.44. The van der Waals surface area contributed by atoms with Gasteiger partial charge in [0.25, 0.3) is 5.89 Å². The zero-order valence-corrected chi connectivity index (χ0v) is 9.37. The van der Waals surface area contributed by atoms with E-state index in [4.69, 9.17) is 10.3 Å². The standard InChI is InChI=1S/C11H10N6O/c12-9-6-8(15-16-9)11-14-10(17-18-11)5-7-3-1-2-4-13-7/h1-4,6H,5H2,(H3,12,15,16). The number of H-pyrrole nitrogens is 1. The number of pyridine rings is 1. The molecule has 0 unspecified atom stereocenters. The van der Waals surface area contributed by atoms with Crippen molar-refractivity contribution >= 4 is 5.82 Å². The molecule has 0 aromatic carbocycles. The number of aromatic amines is 1. The predicted octanol–water partition coefficient (Wildman–Crippen LogP) is 1.03. The molecule has 0 bridgehead atoms. The number of nitrogens with two attached hydrogens (primary N) is 1. The lowest BCUT2D eigenvalue weighted by molar-refractivity contribution is 0.422. The lowest BCUT2D eigenvalue weighted by atomic mass is 10.2. The molecule has 90 valence electrons. The molecule has 0 saturated carbocycles. The van der Waals surface area contributed by atoms with Crippen molar-refractivity contribution < 1.29 is 4.52 Å². The van der Waals surface area contributed by atoms with E-state index < -0.39 is 0 Å². The molecule has 3 N–H and O–H groups in total. The van der Waals surface area contributed by atoms with Gasteiger partial charge in [0.1, 0.15) is 11.5 Å². The van der Waals surface area contributed by atoms with Crippen molar-refractivity contribution in [1.82, 2.24) is 25.3 Å². The second-order valence-electron chi connectivity index (χ2n) is 3.72. The van der Waals surface area contributed by atoms with Crippen LogP contribution in [-0.4, -0.2) is 25.3 Å². The Morgan fingerprint density at radius 1 is 1.33 bits per heavy atom. The van der Waals surface area contributed by atoms with Crippen molar-refractivity contribution in [3.05, 3.63) is 42.0 Å². The average molecular weight is 242 g/mol. The number of anilines is 1. The van der Waals surface area contributed by atoms with Gasteiger partial charge < -0.3 is 10.3 Å². The summed E-state index contributed by atoms with van der Waals surface area (Å²) >= 11 is 0. The van der Waals surface area contributed by atoms with Crippen molar-refractivity contribution in [1.29, 1.82) is 0 Å². The molecular weight excluding hydrogens is 232 g/mol. The van der Waals surface area contributed by atoms with Gasteiger partial charge in [0, 0.05) is 18.0 Å². The Kier molecular flexibility index (Phi) is 2.49. The number of nitrogen functional groups attached to an aromatic ring is 1. The van der Waals surface area contributed by atoms with Gasteiger partial charge in [-0.15, -0.1) is 0 Å². The van der Waals surface area contributed by atoms with E-state index in [-0.39, 0.29) is 0 Å². The molecule has 7 heteroatoms. The van der Waals surface area contributed by atoms with Gasteiger partial charge in [-0.3, -0.25) is 10.1 Å². The lowest BCUT2D eigenvalue weighted by Crippen LogP contribution is -1.93. The zero-order chi connectivity index (χ0) is 12.4. The van der Waals surface area contributed by atoms with Gasteiger partial charge in [0.2, 0.25) is 0 Å². The Labute approximate surface area is 102 Å². The Hall–Kier alpha value is -2.70. The second-order valence-corrected chi connectivity index (χ2v) is 3.72. The summed E-state index contributed by atoms with van der Waals surface area (Å²) < 4.78 is 5.12. The summed E-state index contributed by atoms with van der Waals surface area (Å²) in [7, 11) is 0. The van der Waals surface area contributed by atoms with Crippen LogP contribution in [0, 0.1) is 0 Å². The van der Waals surface area contributed by atoms with Crippen molar-refractivity contribution in [2.24, 2.45) is 0 Å². The molecule has 3 rings (SSSR count). The van der Waals surface area contributed by atoms with Crippen LogP contribution in [0.5, 0.6) is 0 Å². The molecule has 7 nitrogen and oxygen atoms in total. The van der Waals surface area contributed by atoms with Crippen LogP contribution in [0.15, 0.2) is 35.0 Å². The summed E-state index contributed by atoms with van der Waals surface area (Å²) in [5.41, 5.74) is 6.99. The summed E-state index contributed by atoms with van der Waals surface area (Å²) in [6.07, 6.45) is 2.25. The van der Waals surface area contributed by atoms with E-state index in [0.29, 0.717) is 29.6 Å². The predicted molar refractivity (Wildman–Crippen MR) is 63.3 cm³/mol. The summed E-state index contributed by atoms with van der Waals surface area (Å²) in [6.45, 7) is 0. The Morgan fingerprint density at radius 2 is 2.28 bits per heavy atom. The second kappa shape index (κ2) is 4.28. The molecule has 0 amide bonds. The highest BCUT2D eigenvalue weighted by atomic mass is 16.5. The van der Waals surface area contributed by atoms with Gasteiger partial charge in [-0.1, -0.05) is 11.2 Å². The van der Waals surface area contributed by atoms with Gasteiger partial charge in [-0.05, 0) is 12.1 Å². The third-order valence-electron chi connectivity index (χ3n) is 2.36. The molecule has 0 fully saturated rings. The molecule has 3 heterocycles. The maximum atomic E-state index is 5.50. The van der Waals surface area contributed by atoms with Gasteiger partial charge in [0.05, 0.1) is 6.42 Å². The first-order valence-corrected chi connectivity index (χ1v) is 5.35. The van der Waals surface area contributed by atoms with Crippen molar-refractivity contribution in [3.8, 4) is 11.6 Å². The summed E-state index contributed by atoms with van der Waals surface area (Å²) in [5, 5.41) is 10.4. The molecular formula is C11H10N6O. The number of nitrogens with zero attached hydrogens (tertiary/aromatic N) is 4. The molecule has 0 saturated heterocycles. The molecule has 0 aliphatic carbocycles. The smallest absolute Gasteiger partial charge is 0.276 e. The first-order chi connectivity index (χ1) is 8.81. The fraction of sp³-hybridized carbons (Fsp3) is 0.0909. The minimum absolute atomic E-state index is 0.366. The normalized spacial score (nSPS) is 10.7. The third-order valence-corrected chi connectivity index (χ3v) is 2.36. The van der Waals surface area contributed by atoms with Crippen molar-refractivity contribution in [2.75, 3.05) is 5.73 Å². The Morgan fingerprint density at radius 3 is 3.00 bits per heavy atom. The zero-order valence-electron chi connectivity index (χ0n) is 9.37. The number of rotatable bonds is 3. The molecule has 0 spiro atoms. The first kappa shape index (κ1) is 10.5. The highest BCUT2D eigenvalue weighted by molar-refractivity contribution is 5.51. The number of aromatic nitrogens is 5. The van der Waals surface area contributed by atoms with Crippen LogP contribution in [0.25, 0.3) is 11.6 Å². The summed E-state index contributed by atoms with van der Waals surface area (Å²) in [5.74, 6) is 1.32. The molecule has 18 heavy (non-hydrogen) atoms. The van der Waals surface area contributed by atoms with Gasteiger partial charge in [-0.25, -0.2) is 0 Å². The number of hydrogen-bond acceptors (Lipinski definition) is 6. The molecule has 0 radical (unpaired) electrons. The average Bonchev–Trinajstić information content (AvgIpc) is 2.99. The maximum Gasteiger partial charge on any atom is 0.276 e. The van der Waals surface area contributed by atoms with E-state index in [1.807, 2.05) is 18.2 Å². The van der Waals surface area contributed by atoms with Gasteiger partial charge in [0.15, 0.2) is 5.82 Å². The van der Waals surface area contributed by atoms with Crippen LogP contribution in [0.4, 0.5) is 5.82 Å². The maximum absolute atomic E-state index is 5.50. The Bertz CT molecular complexity index is 644. The minimum Gasteiger partial charge on any atom is -0.382 e. The minimum atomic E-state index is 0.366. The SMILES string of the molecule is Nc1cc(-c2nc(Cc3ccccn3)no2)[nH]n1. The highest BCUT2D eigenvalue weighted by Crippen LogP contribution is 2.16. The fourth-order valence-corrected chi connectivity index (χ4v) is 1.55. The molecule has 3 aromatic heterocycles. The van der Waals surface area contributed by atoms with Gasteiger partial charge >= 0.3 is 0 Å². The molecule has 3 aromatic rings. The van der Waals surface area contributed by atoms with E-state index in [0.717, 1.165) is 5.69 Å². The number of nitrogens with one attached hydrogen (secondary N) is 1. The van der Waals surface area contributed by atoms with Crippen LogP contribution in [0.2, 0.25) is 0 Å². The highest BCUT2D eigenvalue weighted by Gasteiger charge is 2.11. The summed E-state index contributed by atoms with van der Waals surface area (Å²) in [6, 6.07) is 7.32. The fourth-order valence-electron chi connectivity index (χ4n) is 1.55. The lowest BCUT2D eigenvalue weighted by Gasteiger charge is -1.92. The monoisotopic (exact) mass is 242 g/mol. The quantitative estimate of drug-likeness (QED) is 0.710. The van der Waals surface area contributed by atoms with E-state index in [1.165, 1.54) is 0 Å². The van der Waals surface area contributed by atoms with Crippen LogP contribution in [0.3, 0.4) is 0 Å². The van der Waals surface area contributed by atoms with Crippen LogP contribution >= 0.6 is 0 Å². The van der Waals surface area contributed by atoms with Crippen molar-refractivity contribution in [3.63, 3.8) is 0 Å². The van der Waals surface area contributed by atoms with E-state index in [2.05, 4.69) is 25.3 Å². The third kappa shape index (κ3) is 2.05. The van der Waals surface area contributed by atoms with E-state index in [9.17, 15) is 0 Å². The molecule has 0 aliphatic rings. The topological polar surface area (TPSA) is 107 Å². The number of hydrogen-bond donors (Lipinski definition) is 2. The van der Waals surface area contributed by atoms with Crippen LogP contribution in [0.1, 0.15) is 11.5 Å². The molecule has 0 atom stereocenters. The van der Waals surface area contributed by atoms with E-state index in [1.54, 1.807) is 12.3 Å². The first-order valence-electron chi connectivity index (χ1n) is 5.35. The largest absolute Gasteiger partial charge is 0.382 e. The Balaban J connectivity index is 1.82. The van der Waals surface area contributed by atoms with Crippen LogP contribution in [-0.2, 0) is 6.42 Å². The van der Waals surface area contributed by atoms with Gasteiger partial charge in [-0.2, -0.15) is 10.1 Å². The van der Waals surface area contributed by atoms with E-state index >= 15 is 0 Å². The molecule has 0 aliphatic heterocycles. The van der Waals surface area contributed by atoms with Crippen molar-refractivity contribution in [2.45, 2.75) is 6.42 Å². The van der Waals surface area contributed by atoms with Crippen LogP contribution < -0.4 is 5.73 Å².